The quantitative estimate of drug-likeness (QED) is 0.514. The maximum absolute atomic E-state index is 10.8. The van der Waals surface area contributed by atoms with Gasteiger partial charge in [-0.05, 0) is 0 Å². The van der Waals surface area contributed by atoms with Crippen molar-refractivity contribution in [3.63, 3.8) is 0 Å². The van der Waals surface area contributed by atoms with Crippen LogP contribution < -0.4 is 11.1 Å². The molecule has 10 nitrogen and oxygen atoms in total. The molecule has 3 heterocycles. The van der Waals surface area contributed by atoms with Gasteiger partial charge >= 0.3 is 0 Å². The maximum Gasteiger partial charge on any atom is 0.236 e. The Labute approximate surface area is 124 Å². The minimum atomic E-state index is -0.748. The molecule has 1 aliphatic rings. The topological polar surface area (TPSA) is 148 Å². The van der Waals surface area contributed by atoms with Crippen LogP contribution >= 0.6 is 0 Å². The number of primary amides is 1. The molecular formula is C12H16N6O4. The summed E-state index contributed by atoms with van der Waals surface area (Å²) in [6.07, 6.45) is 1.32. The van der Waals surface area contributed by atoms with Crippen LogP contribution in [0.3, 0.4) is 0 Å². The molecular weight excluding hydrogens is 292 g/mol. The van der Waals surface area contributed by atoms with E-state index >= 15 is 0 Å². The van der Waals surface area contributed by atoms with Crippen LogP contribution in [0.5, 0.6) is 0 Å². The van der Waals surface area contributed by atoms with Crippen molar-refractivity contribution < 1.29 is 19.7 Å². The Morgan fingerprint density at radius 3 is 3.00 bits per heavy atom. The SMILES string of the molecule is NC(=O)CNc1ncnc2c1ncn2C1CC(O)C(CO)O1. The van der Waals surface area contributed by atoms with E-state index in [1.165, 1.54) is 12.7 Å². The van der Waals surface area contributed by atoms with E-state index in [4.69, 9.17) is 15.6 Å². The van der Waals surface area contributed by atoms with Crippen molar-refractivity contribution in [1.82, 2.24) is 19.5 Å². The number of ether oxygens (including phenoxy) is 1. The lowest BCUT2D eigenvalue weighted by molar-refractivity contribution is -0.116. The lowest BCUT2D eigenvalue weighted by Crippen LogP contribution is -2.24. The number of carbonyl (C=O) groups is 1. The highest BCUT2D eigenvalue weighted by Gasteiger charge is 2.35. The summed E-state index contributed by atoms with van der Waals surface area (Å²) in [5, 5.41) is 21.7. The van der Waals surface area contributed by atoms with E-state index in [9.17, 15) is 9.90 Å². The van der Waals surface area contributed by atoms with Crippen molar-refractivity contribution in [3.8, 4) is 0 Å². The van der Waals surface area contributed by atoms with Crippen LogP contribution in [-0.2, 0) is 9.53 Å². The number of carbonyl (C=O) groups excluding carboxylic acids is 1. The number of fused-ring (bicyclic) bond motifs is 1. The van der Waals surface area contributed by atoms with E-state index in [0.29, 0.717) is 23.4 Å². The molecule has 3 atom stereocenters. The van der Waals surface area contributed by atoms with E-state index < -0.39 is 24.3 Å². The maximum atomic E-state index is 10.8. The van der Waals surface area contributed by atoms with Gasteiger partial charge in [0.15, 0.2) is 17.0 Å². The number of amides is 1. The molecule has 0 aliphatic carbocycles. The molecule has 118 valence electrons. The molecule has 0 saturated carbocycles. The van der Waals surface area contributed by atoms with Gasteiger partial charge in [0.25, 0.3) is 0 Å². The van der Waals surface area contributed by atoms with E-state index in [1.54, 1.807) is 4.57 Å². The van der Waals surface area contributed by atoms with Crippen molar-refractivity contribution in [2.24, 2.45) is 5.73 Å². The molecule has 3 unspecified atom stereocenters. The first-order valence-corrected chi connectivity index (χ1v) is 6.74. The number of nitrogens with one attached hydrogen (secondary N) is 1. The second-order valence-corrected chi connectivity index (χ2v) is 4.98. The van der Waals surface area contributed by atoms with Crippen molar-refractivity contribution >= 4 is 22.9 Å². The van der Waals surface area contributed by atoms with Crippen LogP contribution in [0.4, 0.5) is 5.82 Å². The third kappa shape index (κ3) is 2.58. The first-order valence-electron chi connectivity index (χ1n) is 6.74. The minimum Gasteiger partial charge on any atom is -0.394 e. The largest absolute Gasteiger partial charge is 0.394 e. The zero-order valence-electron chi connectivity index (χ0n) is 11.6. The summed E-state index contributed by atoms with van der Waals surface area (Å²) in [5.74, 6) is -0.126. The van der Waals surface area contributed by atoms with Gasteiger partial charge < -0.3 is 26.0 Å². The number of aromatic nitrogens is 4. The van der Waals surface area contributed by atoms with Gasteiger partial charge in [-0.15, -0.1) is 0 Å². The Morgan fingerprint density at radius 1 is 1.50 bits per heavy atom. The molecule has 0 radical (unpaired) electrons. The van der Waals surface area contributed by atoms with Crippen molar-refractivity contribution in [3.05, 3.63) is 12.7 Å². The van der Waals surface area contributed by atoms with Gasteiger partial charge in [0.2, 0.25) is 5.91 Å². The molecule has 1 fully saturated rings. The number of hydrogen-bond donors (Lipinski definition) is 4. The van der Waals surface area contributed by atoms with Crippen LogP contribution in [0, 0.1) is 0 Å². The molecule has 2 aromatic rings. The highest BCUT2D eigenvalue weighted by molar-refractivity contribution is 5.86. The predicted molar refractivity (Wildman–Crippen MR) is 74.6 cm³/mol. The Bertz CT molecular complexity index is 689. The summed E-state index contributed by atoms with van der Waals surface area (Å²) in [4.78, 5) is 23.3. The highest BCUT2D eigenvalue weighted by atomic mass is 16.5. The second kappa shape index (κ2) is 5.83. The van der Waals surface area contributed by atoms with Crippen LogP contribution in [0.2, 0.25) is 0 Å². The van der Waals surface area contributed by atoms with E-state index in [2.05, 4.69) is 20.3 Å². The molecule has 1 amide bonds. The van der Waals surface area contributed by atoms with E-state index in [1.807, 2.05) is 0 Å². The van der Waals surface area contributed by atoms with Gasteiger partial charge in [-0.25, -0.2) is 15.0 Å². The van der Waals surface area contributed by atoms with Gasteiger partial charge in [-0.3, -0.25) is 9.36 Å². The van der Waals surface area contributed by atoms with Gasteiger partial charge in [0, 0.05) is 6.42 Å². The zero-order chi connectivity index (χ0) is 15.7. The number of nitrogens with zero attached hydrogens (tertiary/aromatic N) is 4. The summed E-state index contributed by atoms with van der Waals surface area (Å²) in [5.41, 5.74) is 6.06. The van der Waals surface area contributed by atoms with Gasteiger partial charge in [-0.2, -0.15) is 0 Å². The number of imidazole rings is 1. The number of anilines is 1. The molecule has 0 aromatic carbocycles. The van der Waals surface area contributed by atoms with Crippen molar-refractivity contribution in [2.75, 3.05) is 18.5 Å². The van der Waals surface area contributed by atoms with Crippen LogP contribution in [0.15, 0.2) is 12.7 Å². The Kier molecular flexibility index (Phi) is 3.88. The molecule has 0 spiro atoms. The summed E-state index contributed by atoms with van der Waals surface area (Å²) in [6, 6.07) is 0. The first kappa shape index (κ1) is 14.6. The lowest BCUT2D eigenvalue weighted by atomic mass is 10.2. The van der Waals surface area contributed by atoms with Gasteiger partial charge in [0.1, 0.15) is 18.7 Å². The molecule has 3 rings (SSSR count). The van der Waals surface area contributed by atoms with E-state index in [0.717, 1.165) is 0 Å². The fourth-order valence-electron chi connectivity index (χ4n) is 2.41. The smallest absolute Gasteiger partial charge is 0.236 e. The number of aliphatic hydroxyl groups is 2. The summed E-state index contributed by atoms with van der Waals surface area (Å²) in [6.45, 7) is -0.325. The predicted octanol–water partition coefficient (Wildman–Crippen LogP) is -1.64. The fourth-order valence-corrected chi connectivity index (χ4v) is 2.41. The monoisotopic (exact) mass is 308 g/mol. The van der Waals surface area contributed by atoms with E-state index in [-0.39, 0.29) is 13.2 Å². The molecule has 5 N–H and O–H groups in total. The lowest BCUT2D eigenvalue weighted by Gasteiger charge is -2.13. The third-order valence-corrected chi connectivity index (χ3v) is 3.48. The normalized spacial score (nSPS) is 24.7. The number of nitrogens with two attached hydrogens (primary N) is 1. The molecule has 22 heavy (non-hydrogen) atoms. The van der Waals surface area contributed by atoms with Crippen LogP contribution in [-0.4, -0.2) is 61.0 Å². The summed E-state index contributed by atoms with van der Waals surface area (Å²) >= 11 is 0. The van der Waals surface area contributed by atoms with Crippen LogP contribution in [0.1, 0.15) is 12.6 Å². The molecule has 1 aliphatic heterocycles. The van der Waals surface area contributed by atoms with Crippen LogP contribution in [0.25, 0.3) is 11.2 Å². The Hall–Kier alpha value is -2.30. The standard InChI is InChI=1S/C12H16N6O4/c13-8(21)2-14-11-10-12(16-4-15-11)18(5-17-10)9-1-6(20)7(3-19)22-9/h4-7,9,19-20H,1-3H2,(H2,13,21)(H,14,15,16). The number of rotatable bonds is 5. The van der Waals surface area contributed by atoms with Crippen molar-refractivity contribution in [1.29, 1.82) is 0 Å². The van der Waals surface area contributed by atoms with Crippen molar-refractivity contribution in [2.45, 2.75) is 24.9 Å². The Balaban J connectivity index is 1.89. The first-order chi connectivity index (χ1) is 10.6. The van der Waals surface area contributed by atoms with Gasteiger partial charge in [0.05, 0.1) is 25.6 Å². The average molecular weight is 308 g/mol. The molecule has 2 aromatic heterocycles. The third-order valence-electron chi connectivity index (χ3n) is 3.48. The number of aliphatic hydroxyl groups excluding tert-OH is 2. The highest BCUT2D eigenvalue weighted by Crippen LogP contribution is 2.31. The fraction of sp³-hybridized carbons (Fsp3) is 0.500. The Morgan fingerprint density at radius 2 is 2.32 bits per heavy atom. The minimum absolute atomic E-state index is 0.0653. The number of hydrogen-bond acceptors (Lipinski definition) is 8. The zero-order valence-corrected chi connectivity index (χ0v) is 11.6. The van der Waals surface area contributed by atoms with Gasteiger partial charge in [-0.1, -0.05) is 0 Å². The summed E-state index contributed by atoms with van der Waals surface area (Å²) in [7, 11) is 0. The molecule has 0 bridgehead atoms. The second-order valence-electron chi connectivity index (χ2n) is 4.98. The average Bonchev–Trinajstić information content (AvgIpc) is 3.08. The molecule has 1 saturated heterocycles. The summed E-state index contributed by atoms with van der Waals surface area (Å²) < 4.78 is 7.24. The molecule has 10 heteroatoms.